The van der Waals surface area contributed by atoms with Gasteiger partial charge in [0.05, 0.1) is 10.6 Å². The summed E-state index contributed by atoms with van der Waals surface area (Å²) >= 11 is 0. The van der Waals surface area contributed by atoms with Crippen LogP contribution in [0.2, 0.25) is 0 Å². The smallest absolute Gasteiger partial charge is 0.311 e. The summed E-state index contributed by atoms with van der Waals surface area (Å²) < 4.78 is 0. The lowest BCUT2D eigenvalue weighted by atomic mass is 9.96. The Morgan fingerprint density at radius 2 is 2.06 bits per heavy atom. The molecular weight excluding hydrogens is 206 g/mol. The molecule has 0 aliphatic rings. The number of allylic oxidation sites excluding steroid dienone is 1. The van der Waals surface area contributed by atoms with E-state index in [0.717, 1.165) is 0 Å². The molecule has 86 valence electrons. The van der Waals surface area contributed by atoms with Crippen molar-refractivity contribution in [1.29, 1.82) is 0 Å². The first-order valence-electron chi connectivity index (χ1n) is 4.90. The van der Waals surface area contributed by atoms with E-state index >= 15 is 0 Å². The Morgan fingerprint density at radius 1 is 1.44 bits per heavy atom. The van der Waals surface area contributed by atoms with E-state index in [1.54, 1.807) is 12.1 Å². The highest BCUT2D eigenvalue weighted by Gasteiger charge is 2.12. The van der Waals surface area contributed by atoms with Gasteiger partial charge in [-0.3, -0.25) is 10.1 Å². The number of rotatable bonds is 2. The zero-order valence-corrected chi connectivity index (χ0v) is 9.60. The second kappa shape index (κ2) is 4.30. The largest absolute Gasteiger partial charge is 0.378 e. The predicted octanol–water partition coefficient (Wildman–Crippen LogP) is 2.63. The zero-order chi connectivity index (χ0) is 12.3. The van der Waals surface area contributed by atoms with Crippen LogP contribution in [0.1, 0.15) is 26.5 Å². The van der Waals surface area contributed by atoms with Gasteiger partial charge in [-0.15, -0.1) is 0 Å². The quantitative estimate of drug-likeness (QED) is 0.614. The molecule has 0 radical (unpaired) electrons. The molecule has 0 saturated carbocycles. The van der Waals surface area contributed by atoms with Crippen LogP contribution in [0.25, 0.3) is 6.08 Å². The van der Waals surface area contributed by atoms with Gasteiger partial charge in [-0.25, -0.2) is 4.98 Å². The van der Waals surface area contributed by atoms with Crippen molar-refractivity contribution in [2.45, 2.75) is 20.8 Å². The van der Waals surface area contributed by atoms with Gasteiger partial charge >= 0.3 is 5.69 Å². The van der Waals surface area contributed by atoms with Crippen LogP contribution in [-0.4, -0.2) is 9.91 Å². The number of nitrogens with zero attached hydrogens (tertiary/aromatic N) is 2. The molecule has 0 saturated heterocycles. The normalized spacial score (nSPS) is 11.9. The average Bonchev–Trinajstić information content (AvgIpc) is 2.13. The van der Waals surface area contributed by atoms with E-state index in [2.05, 4.69) is 25.8 Å². The fraction of sp³-hybridized carbons (Fsp3) is 0.364. The van der Waals surface area contributed by atoms with Crippen molar-refractivity contribution in [3.05, 3.63) is 34.0 Å². The molecule has 0 aromatic carbocycles. The molecule has 16 heavy (non-hydrogen) atoms. The molecule has 0 aliphatic heterocycles. The molecule has 0 amide bonds. The van der Waals surface area contributed by atoms with Crippen LogP contribution >= 0.6 is 0 Å². The fourth-order valence-corrected chi connectivity index (χ4v) is 1.07. The minimum Gasteiger partial charge on any atom is -0.378 e. The van der Waals surface area contributed by atoms with E-state index in [1.807, 2.05) is 6.08 Å². The molecule has 1 aromatic rings. The van der Waals surface area contributed by atoms with Gasteiger partial charge in [0, 0.05) is 6.07 Å². The third-order valence-electron chi connectivity index (χ3n) is 1.87. The molecule has 0 aliphatic carbocycles. The van der Waals surface area contributed by atoms with Crippen molar-refractivity contribution in [2.75, 3.05) is 5.73 Å². The number of aromatic nitrogens is 1. The maximum Gasteiger partial charge on any atom is 0.311 e. The van der Waals surface area contributed by atoms with Crippen LogP contribution in [-0.2, 0) is 0 Å². The van der Waals surface area contributed by atoms with Crippen molar-refractivity contribution in [3.8, 4) is 0 Å². The van der Waals surface area contributed by atoms with Crippen molar-refractivity contribution < 1.29 is 4.92 Å². The van der Waals surface area contributed by atoms with Gasteiger partial charge in [0.2, 0.25) is 5.82 Å². The topological polar surface area (TPSA) is 82.0 Å². The average molecular weight is 221 g/mol. The predicted molar refractivity (Wildman–Crippen MR) is 63.8 cm³/mol. The Labute approximate surface area is 94.1 Å². The van der Waals surface area contributed by atoms with Gasteiger partial charge in [-0.1, -0.05) is 26.8 Å². The number of hydrogen-bond acceptors (Lipinski definition) is 4. The lowest BCUT2D eigenvalue weighted by Crippen LogP contribution is -2.01. The molecule has 0 fully saturated rings. The lowest BCUT2D eigenvalue weighted by Gasteiger charge is -2.10. The van der Waals surface area contributed by atoms with Crippen LogP contribution < -0.4 is 5.73 Å². The van der Waals surface area contributed by atoms with Gasteiger partial charge in [0.1, 0.15) is 0 Å². The molecule has 0 bridgehead atoms. The summed E-state index contributed by atoms with van der Waals surface area (Å²) in [6.45, 7) is 6.16. The molecule has 1 heterocycles. The second-order valence-corrected chi connectivity index (χ2v) is 4.60. The molecule has 2 N–H and O–H groups in total. The summed E-state index contributed by atoms with van der Waals surface area (Å²) in [6, 6.07) is 2.95. The Bertz CT molecular complexity index is 433. The number of nitrogens with two attached hydrogens (primary N) is 1. The van der Waals surface area contributed by atoms with E-state index in [1.165, 1.54) is 6.07 Å². The van der Waals surface area contributed by atoms with Crippen LogP contribution in [0.4, 0.5) is 11.5 Å². The van der Waals surface area contributed by atoms with Gasteiger partial charge in [0.25, 0.3) is 0 Å². The molecule has 1 rings (SSSR count). The highest BCUT2D eigenvalue weighted by molar-refractivity contribution is 5.57. The first-order chi connectivity index (χ1) is 7.29. The summed E-state index contributed by atoms with van der Waals surface area (Å²) in [4.78, 5) is 13.9. The Morgan fingerprint density at radius 3 is 2.50 bits per heavy atom. The van der Waals surface area contributed by atoms with Gasteiger partial charge in [-0.05, 0) is 17.6 Å². The molecule has 0 spiro atoms. The Balaban J connectivity index is 2.99. The fourth-order valence-electron chi connectivity index (χ4n) is 1.07. The highest BCUT2D eigenvalue weighted by atomic mass is 16.6. The van der Waals surface area contributed by atoms with Crippen LogP contribution in [0.5, 0.6) is 0 Å². The molecular formula is C11H15N3O2. The van der Waals surface area contributed by atoms with Crippen molar-refractivity contribution in [3.63, 3.8) is 0 Å². The maximum absolute atomic E-state index is 10.5. The SMILES string of the molecule is CC(C)(C)/C=C/c1ccc([N+](=O)[O-])c(N)n1. The zero-order valence-electron chi connectivity index (χ0n) is 9.60. The first-order valence-corrected chi connectivity index (χ1v) is 4.90. The standard InChI is InChI=1S/C11H15N3O2/c1-11(2,3)7-6-8-4-5-9(14(15)16)10(12)13-8/h4-7H,1-3H3,(H2,12,13)/b7-6+. The lowest BCUT2D eigenvalue weighted by molar-refractivity contribution is -0.384. The van der Waals surface area contributed by atoms with Crippen molar-refractivity contribution >= 4 is 17.6 Å². The number of anilines is 1. The van der Waals surface area contributed by atoms with E-state index in [4.69, 9.17) is 5.73 Å². The minimum atomic E-state index is -0.542. The third kappa shape index (κ3) is 3.34. The molecule has 5 nitrogen and oxygen atoms in total. The first kappa shape index (κ1) is 12.2. The number of pyridine rings is 1. The molecule has 5 heteroatoms. The van der Waals surface area contributed by atoms with Crippen LogP contribution in [0.15, 0.2) is 18.2 Å². The Hall–Kier alpha value is -1.91. The monoisotopic (exact) mass is 221 g/mol. The highest BCUT2D eigenvalue weighted by Crippen LogP contribution is 2.21. The number of hydrogen-bond donors (Lipinski definition) is 1. The number of nitro groups is 1. The summed E-state index contributed by atoms with van der Waals surface area (Å²) in [5, 5.41) is 10.5. The van der Waals surface area contributed by atoms with E-state index in [-0.39, 0.29) is 16.9 Å². The minimum absolute atomic E-state index is 0.0399. The van der Waals surface area contributed by atoms with Crippen molar-refractivity contribution in [1.82, 2.24) is 4.98 Å². The van der Waals surface area contributed by atoms with Crippen LogP contribution in [0.3, 0.4) is 0 Å². The number of nitrogen functional groups attached to an aromatic ring is 1. The summed E-state index contributed by atoms with van der Waals surface area (Å²) in [5.41, 5.74) is 5.98. The summed E-state index contributed by atoms with van der Waals surface area (Å²) in [7, 11) is 0. The van der Waals surface area contributed by atoms with E-state index in [9.17, 15) is 10.1 Å². The van der Waals surface area contributed by atoms with Gasteiger partial charge < -0.3 is 5.73 Å². The summed E-state index contributed by atoms with van der Waals surface area (Å²) in [5.74, 6) is -0.0546. The van der Waals surface area contributed by atoms with E-state index < -0.39 is 4.92 Å². The molecule has 0 atom stereocenters. The maximum atomic E-state index is 10.5. The van der Waals surface area contributed by atoms with Crippen molar-refractivity contribution in [2.24, 2.45) is 5.41 Å². The van der Waals surface area contributed by atoms with Crippen LogP contribution in [0, 0.1) is 15.5 Å². The second-order valence-electron chi connectivity index (χ2n) is 4.60. The molecule has 0 unspecified atom stereocenters. The summed E-state index contributed by atoms with van der Waals surface area (Å²) in [6.07, 6.45) is 3.78. The van der Waals surface area contributed by atoms with Gasteiger partial charge in [-0.2, -0.15) is 0 Å². The van der Waals surface area contributed by atoms with E-state index in [0.29, 0.717) is 5.69 Å². The third-order valence-corrected chi connectivity index (χ3v) is 1.87. The molecule has 1 aromatic heterocycles. The Kier molecular flexibility index (Phi) is 3.27. The van der Waals surface area contributed by atoms with Gasteiger partial charge in [0.15, 0.2) is 0 Å².